The van der Waals surface area contributed by atoms with E-state index in [9.17, 15) is 4.79 Å². The largest absolute Gasteiger partial charge is 0.318 e. The highest BCUT2D eigenvalue weighted by atomic mass is 16.2. The van der Waals surface area contributed by atoms with E-state index in [0.29, 0.717) is 11.0 Å². The molecule has 0 unspecified atom stereocenters. The third-order valence-electron chi connectivity index (χ3n) is 11.1. The van der Waals surface area contributed by atoms with Crippen LogP contribution in [0.5, 0.6) is 0 Å². The van der Waals surface area contributed by atoms with Crippen LogP contribution in [0.2, 0.25) is 0 Å². The fourth-order valence-electron chi connectivity index (χ4n) is 9.45. The molecule has 0 aliphatic heterocycles. The van der Waals surface area contributed by atoms with Crippen LogP contribution in [-0.4, -0.2) is 21.3 Å². The standard InChI is InChI=1S/C41H42N4O/c1-27-9-18-39(33-7-5-4-6-8-33)45(27)38-14-10-34(11-15-38)40(46)43-42-26-35-19-28(2)44(29(35)3)37-16-12-36(13-17-37)41-23-30-20-31(24-41)22-32(21-30)25-41/h4-19,26,30-32H,20-25H2,1-3H3,(H,43,46)/b42-26+. The summed E-state index contributed by atoms with van der Waals surface area (Å²) >= 11 is 0. The number of hydrazone groups is 1. The number of aromatic nitrogens is 2. The van der Waals surface area contributed by atoms with E-state index in [-0.39, 0.29) is 5.91 Å². The first kappa shape index (κ1) is 28.8. The molecule has 0 saturated heterocycles. The molecule has 0 spiro atoms. The van der Waals surface area contributed by atoms with Crippen molar-refractivity contribution in [2.24, 2.45) is 22.9 Å². The molecule has 4 saturated carbocycles. The predicted molar refractivity (Wildman–Crippen MR) is 186 cm³/mol. The van der Waals surface area contributed by atoms with E-state index < -0.39 is 0 Å². The highest BCUT2D eigenvalue weighted by Crippen LogP contribution is 2.60. The highest BCUT2D eigenvalue weighted by Gasteiger charge is 2.51. The number of aryl methyl sites for hydroxylation is 2. The van der Waals surface area contributed by atoms with Gasteiger partial charge in [0.25, 0.3) is 5.91 Å². The summed E-state index contributed by atoms with van der Waals surface area (Å²) in [6.07, 6.45) is 10.3. The lowest BCUT2D eigenvalue weighted by molar-refractivity contribution is -0.00518. The molecular weight excluding hydrogens is 564 g/mol. The van der Waals surface area contributed by atoms with Gasteiger partial charge in [0, 0.05) is 39.6 Å². The number of nitrogens with zero attached hydrogens (tertiary/aromatic N) is 3. The Hall–Kier alpha value is -4.64. The lowest BCUT2D eigenvalue weighted by Crippen LogP contribution is -2.48. The molecule has 5 heteroatoms. The van der Waals surface area contributed by atoms with Gasteiger partial charge in [0.05, 0.1) is 11.9 Å². The van der Waals surface area contributed by atoms with Crippen molar-refractivity contribution in [1.82, 2.24) is 14.6 Å². The normalized spacial score (nSPS) is 23.3. The molecule has 4 aliphatic rings. The number of hydrogen-bond acceptors (Lipinski definition) is 2. The number of benzene rings is 3. The molecule has 1 amide bonds. The first-order valence-corrected chi connectivity index (χ1v) is 16.8. The first-order chi connectivity index (χ1) is 22.4. The van der Waals surface area contributed by atoms with Crippen molar-refractivity contribution in [1.29, 1.82) is 0 Å². The summed E-state index contributed by atoms with van der Waals surface area (Å²) in [5.41, 5.74) is 14.1. The Morgan fingerprint density at radius 1 is 0.739 bits per heavy atom. The second kappa shape index (κ2) is 11.3. The van der Waals surface area contributed by atoms with Gasteiger partial charge in [-0.1, -0.05) is 42.5 Å². The minimum atomic E-state index is -0.232. The van der Waals surface area contributed by atoms with Crippen LogP contribution in [-0.2, 0) is 5.41 Å². The van der Waals surface area contributed by atoms with E-state index in [1.807, 2.05) is 42.5 Å². The molecule has 0 atom stereocenters. The van der Waals surface area contributed by atoms with Gasteiger partial charge in [-0.25, -0.2) is 5.43 Å². The maximum absolute atomic E-state index is 13.0. The summed E-state index contributed by atoms with van der Waals surface area (Å²) in [6, 6.07) is 33.8. The molecule has 2 heterocycles. The highest BCUT2D eigenvalue weighted by molar-refractivity contribution is 5.95. The number of nitrogens with one attached hydrogen (secondary N) is 1. The molecule has 4 fully saturated rings. The minimum Gasteiger partial charge on any atom is -0.318 e. The van der Waals surface area contributed by atoms with Crippen LogP contribution in [0.15, 0.2) is 102 Å². The molecule has 4 bridgehead atoms. The Balaban J connectivity index is 0.953. The summed E-state index contributed by atoms with van der Waals surface area (Å²) in [7, 11) is 0. The van der Waals surface area contributed by atoms with Crippen molar-refractivity contribution in [3.05, 3.63) is 131 Å². The van der Waals surface area contributed by atoms with Crippen molar-refractivity contribution >= 4 is 12.1 Å². The fraction of sp³-hybridized carbons (Fsp3) is 0.317. The van der Waals surface area contributed by atoms with Crippen molar-refractivity contribution in [3.8, 4) is 22.6 Å². The smallest absolute Gasteiger partial charge is 0.271 e. The van der Waals surface area contributed by atoms with Crippen LogP contribution in [0.4, 0.5) is 0 Å². The van der Waals surface area contributed by atoms with Gasteiger partial charge in [-0.3, -0.25) is 4.79 Å². The first-order valence-electron chi connectivity index (χ1n) is 16.8. The summed E-state index contributed by atoms with van der Waals surface area (Å²) in [6.45, 7) is 6.35. The van der Waals surface area contributed by atoms with E-state index in [1.165, 1.54) is 44.2 Å². The zero-order chi connectivity index (χ0) is 31.4. The van der Waals surface area contributed by atoms with Crippen molar-refractivity contribution in [2.45, 2.75) is 64.7 Å². The molecule has 232 valence electrons. The number of hydrogen-bond donors (Lipinski definition) is 1. The monoisotopic (exact) mass is 606 g/mol. The lowest BCUT2D eigenvalue weighted by atomic mass is 9.48. The summed E-state index contributed by atoms with van der Waals surface area (Å²) in [4.78, 5) is 13.0. The van der Waals surface area contributed by atoms with E-state index >= 15 is 0 Å². The molecule has 2 aromatic heterocycles. The maximum Gasteiger partial charge on any atom is 0.271 e. The Labute approximate surface area is 272 Å². The van der Waals surface area contributed by atoms with Gasteiger partial charge < -0.3 is 9.13 Å². The number of amides is 1. The van der Waals surface area contributed by atoms with Crippen LogP contribution >= 0.6 is 0 Å². The van der Waals surface area contributed by atoms with Crippen molar-refractivity contribution < 1.29 is 4.79 Å². The quantitative estimate of drug-likeness (QED) is 0.146. The molecule has 3 aromatic carbocycles. The van der Waals surface area contributed by atoms with Crippen LogP contribution < -0.4 is 5.43 Å². The van der Waals surface area contributed by atoms with Crippen molar-refractivity contribution in [3.63, 3.8) is 0 Å². The molecule has 1 N–H and O–H groups in total. The third kappa shape index (κ3) is 5.02. The average Bonchev–Trinajstić information content (AvgIpc) is 3.58. The number of carbonyl (C=O) groups excluding carboxylic acids is 1. The van der Waals surface area contributed by atoms with E-state index in [1.54, 1.807) is 11.8 Å². The van der Waals surface area contributed by atoms with Gasteiger partial charge in [0.15, 0.2) is 0 Å². The van der Waals surface area contributed by atoms with E-state index in [4.69, 9.17) is 0 Å². The molecule has 4 aliphatic carbocycles. The van der Waals surface area contributed by atoms with Gasteiger partial charge in [0.1, 0.15) is 0 Å². The topological polar surface area (TPSA) is 51.3 Å². The lowest BCUT2D eigenvalue weighted by Gasteiger charge is -2.57. The Morgan fingerprint density at radius 3 is 2.00 bits per heavy atom. The summed E-state index contributed by atoms with van der Waals surface area (Å²) < 4.78 is 4.50. The Morgan fingerprint density at radius 2 is 1.35 bits per heavy atom. The molecule has 0 radical (unpaired) electrons. The van der Waals surface area contributed by atoms with Gasteiger partial charge in [-0.2, -0.15) is 5.10 Å². The summed E-state index contributed by atoms with van der Waals surface area (Å²) in [5.74, 6) is 2.61. The molecule has 5 nitrogen and oxygen atoms in total. The Kier molecular flexibility index (Phi) is 7.08. The van der Waals surface area contributed by atoms with E-state index in [0.717, 1.165) is 57.3 Å². The second-order valence-electron chi connectivity index (χ2n) is 14.2. The second-order valence-corrected chi connectivity index (χ2v) is 14.2. The molecule has 5 aromatic rings. The molecular formula is C41H42N4O. The Bertz CT molecular complexity index is 1890. The van der Waals surface area contributed by atoms with Crippen molar-refractivity contribution in [2.75, 3.05) is 0 Å². The summed E-state index contributed by atoms with van der Waals surface area (Å²) in [5, 5.41) is 4.34. The third-order valence-corrected chi connectivity index (χ3v) is 11.1. The zero-order valence-corrected chi connectivity index (χ0v) is 27.0. The SMILES string of the molecule is Cc1ccc(-c2ccccc2)n1-c1ccc(C(=O)N/N=C/c2cc(C)n(-c3ccc(C45CC6CC(CC(C6)C4)C5)cc3)c2C)cc1. The average molecular weight is 607 g/mol. The van der Waals surface area contributed by atoms with Crippen LogP contribution in [0.3, 0.4) is 0 Å². The maximum atomic E-state index is 13.0. The van der Waals surface area contributed by atoms with E-state index in [2.05, 4.69) is 95.0 Å². The van der Waals surface area contributed by atoms with Gasteiger partial charge >= 0.3 is 0 Å². The van der Waals surface area contributed by atoms with Crippen LogP contribution in [0.25, 0.3) is 22.6 Å². The molecule has 9 rings (SSSR count). The van der Waals surface area contributed by atoms with Crippen LogP contribution in [0.1, 0.15) is 77.1 Å². The minimum absolute atomic E-state index is 0.232. The zero-order valence-electron chi connectivity index (χ0n) is 27.0. The number of rotatable bonds is 7. The molecule has 46 heavy (non-hydrogen) atoms. The van der Waals surface area contributed by atoms with Crippen LogP contribution in [0, 0.1) is 38.5 Å². The van der Waals surface area contributed by atoms with Gasteiger partial charge in [0.2, 0.25) is 0 Å². The van der Waals surface area contributed by atoms with Gasteiger partial charge in [-0.05, 0) is 148 Å². The fourth-order valence-corrected chi connectivity index (χ4v) is 9.45. The number of carbonyl (C=O) groups is 1. The van der Waals surface area contributed by atoms with Gasteiger partial charge in [-0.15, -0.1) is 0 Å². The predicted octanol–water partition coefficient (Wildman–Crippen LogP) is 9.09.